The molecule has 8 aromatic carbocycles. The highest BCUT2D eigenvalue weighted by Gasteiger charge is 2.64. The predicted octanol–water partition coefficient (Wildman–Crippen LogP) is 16.0. The van der Waals surface area contributed by atoms with Gasteiger partial charge in [0.25, 0.3) is 0 Å². The van der Waals surface area contributed by atoms with Crippen LogP contribution in [0, 0.1) is 23.7 Å². The van der Waals surface area contributed by atoms with E-state index in [0.29, 0.717) is 3.92 Å². The van der Waals surface area contributed by atoms with Crippen molar-refractivity contribution in [2.45, 2.75) is 35.0 Å². The zero-order valence-corrected chi connectivity index (χ0v) is 35.8. The molecule has 0 aliphatic heterocycles. The van der Waals surface area contributed by atoms with Crippen molar-refractivity contribution in [2.24, 2.45) is 23.7 Å². The van der Waals surface area contributed by atoms with Crippen LogP contribution in [0.5, 0.6) is 0 Å². The first-order chi connectivity index (χ1) is 29.6. The van der Waals surface area contributed by atoms with E-state index in [1.807, 2.05) is 0 Å². The molecule has 60 heavy (non-hydrogen) atoms. The minimum atomic E-state index is 0.138. The molecule has 4 aliphatic carbocycles. The first-order valence-electron chi connectivity index (χ1n) is 21.8. The number of benzene rings is 8. The molecule has 4 aliphatic rings. The largest absolute Gasteiger partial charge is 0.310 e. The Labute approximate surface area is 367 Å². The maximum Gasteiger partial charge on any atom is 0.0467 e. The smallest absolute Gasteiger partial charge is 0.0467 e. The molecule has 2 heteroatoms. The number of anilines is 3. The van der Waals surface area contributed by atoms with Gasteiger partial charge in [-0.2, -0.15) is 0 Å². The van der Waals surface area contributed by atoms with Gasteiger partial charge in [0.2, 0.25) is 0 Å². The first kappa shape index (κ1) is 36.2. The Morgan fingerprint density at radius 3 is 1.57 bits per heavy atom. The average Bonchev–Trinajstić information content (AvgIpc) is 3.75. The fourth-order valence-electron chi connectivity index (χ4n) is 12.1. The van der Waals surface area contributed by atoms with Gasteiger partial charge in [0.15, 0.2) is 0 Å². The van der Waals surface area contributed by atoms with Crippen molar-refractivity contribution < 1.29 is 0 Å². The molecule has 12 rings (SSSR count). The van der Waals surface area contributed by atoms with Crippen molar-refractivity contribution in [1.29, 1.82) is 0 Å². The molecule has 0 amide bonds. The molecule has 1 spiro atoms. The molecule has 3 saturated carbocycles. The molecule has 0 radical (unpaired) electrons. The van der Waals surface area contributed by atoms with Gasteiger partial charge in [-0.05, 0) is 165 Å². The summed E-state index contributed by atoms with van der Waals surface area (Å²) in [5, 5.41) is 0. The van der Waals surface area contributed by atoms with Crippen molar-refractivity contribution in [3.63, 3.8) is 0 Å². The van der Waals surface area contributed by atoms with E-state index < -0.39 is 0 Å². The van der Waals surface area contributed by atoms with Crippen molar-refractivity contribution in [3.8, 4) is 55.6 Å². The van der Waals surface area contributed by atoms with E-state index in [9.17, 15) is 0 Å². The third-order valence-corrected chi connectivity index (χ3v) is 16.3. The lowest BCUT2D eigenvalue weighted by molar-refractivity contribution is 0.0447. The van der Waals surface area contributed by atoms with Crippen LogP contribution in [0.2, 0.25) is 0 Å². The van der Waals surface area contributed by atoms with Gasteiger partial charge in [-0.15, -0.1) is 0 Å². The molecule has 6 atom stereocenters. The Morgan fingerprint density at radius 1 is 0.383 bits per heavy atom. The molecule has 0 saturated heterocycles. The SMILES string of the molecule is IC1CC2CC3CC(C3C2)C12c1ccccc1-c1cc(-c3cccc(-c4cccc(N(c5ccc(-c6ccccc6)cc5)c5ccc(-c6ccccc6)cc5)c4)c3)ccc12. The molecule has 2 bridgehead atoms. The van der Waals surface area contributed by atoms with Crippen LogP contribution in [0.3, 0.4) is 0 Å². The number of alkyl halides is 1. The maximum absolute atomic E-state index is 2.88. The van der Waals surface area contributed by atoms with Crippen LogP contribution in [0.4, 0.5) is 17.1 Å². The molecule has 3 fully saturated rings. The lowest BCUT2D eigenvalue weighted by Crippen LogP contribution is -2.52. The van der Waals surface area contributed by atoms with Crippen LogP contribution in [0.25, 0.3) is 55.6 Å². The normalized spacial score (nSPS) is 23.1. The van der Waals surface area contributed by atoms with Crippen molar-refractivity contribution in [3.05, 3.63) is 211 Å². The number of hydrogen-bond donors (Lipinski definition) is 0. The summed E-state index contributed by atoms with van der Waals surface area (Å²) in [5.41, 5.74) is 19.5. The van der Waals surface area contributed by atoms with E-state index in [4.69, 9.17) is 0 Å². The molecule has 1 nitrogen and oxygen atoms in total. The minimum absolute atomic E-state index is 0.138. The summed E-state index contributed by atoms with van der Waals surface area (Å²) in [6.07, 6.45) is 5.70. The van der Waals surface area contributed by atoms with Gasteiger partial charge >= 0.3 is 0 Å². The second-order valence-electron chi connectivity index (χ2n) is 17.8. The first-order valence-corrected chi connectivity index (χ1v) is 23.1. The average molecular weight is 884 g/mol. The summed E-state index contributed by atoms with van der Waals surface area (Å²) < 4.78 is 0.628. The van der Waals surface area contributed by atoms with Gasteiger partial charge in [-0.25, -0.2) is 0 Å². The third kappa shape index (κ3) is 5.78. The molecule has 0 aromatic heterocycles. The number of halogens is 1. The Balaban J connectivity index is 0.912. The summed E-state index contributed by atoms with van der Waals surface area (Å²) in [6, 6.07) is 74.4. The monoisotopic (exact) mass is 883 g/mol. The molecule has 8 aromatic rings. The zero-order valence-electron chi connectivity index (χ0n) is 33.6. The van der Waals surface area contributed by atoms with E-state index in [2.05, 4.69) is 228 Å². The van der Waals surface area contributed by atoms with Gasteiger partial charge in [0.05, 0.1) is 0 Å². The van der Waals surface area contributed by atoms with E-state index in [1.165, 1.54) is 81.3 Å². The molecular weight excluding hydrogens is 838 g/mol. The third-order valence-electron chi connectivity index (χ3n) is 14.8. The van der Waals surface area contributed by atoms with Gasteiger partial charge < -0.3 is 4.90 Å². The Morgan fingerprint density at radius 2 is 0.900 bits per heavy atom. The molecule has 290 valence electrons. The highest BCUT2D eigenvalue weighted by Crippen LogP contribution is 2.70. The van der Waals surface area contributed by atoms with Crippen molar-refractivity contribution in [1.82, 2.24) is 0 Å². The van der Waals surface area contributed by atoms with Crippen LogP contribution < -0.4 is 4.90 Å². The number of fused-ring (bicyclic) bond motifs is 7. The quantitative estimate of drug-likeness (QED) is 0.114. The molecule has 0 N–H and O–H groups in total. The van der Waals surface area contributed by atoms with Gasteiger partial charge in [-0.1, -0.05) is 174 Å². The lowest BCUT2D eigenvalue weighted by Gasteiger charge is -2.54. The summed E-state index contributed by atoms with van der Waals surface area (Å²) in [6.45, 7) is 0. The van der Waals surface area contributed by atoms with Crippen LogP contribution in [0.1, 0.15) is 36.8 Å². The zero-order chi connectivity index (χ0) is 39.8. The topological polar surface area (TPSA) is 3.24 Å². The highest BCUT2D eigenvalue weighted by atomic mass is 127. The number of rotatable bonds is 7. The summed E-state index contributed by atoms with van der Waals surface area (Å²) >= 11 is 2.88. The second kappa shape index (κ2) is 14.5. The van der Waals surface area contributed by atoms with Crippen molar-refractivity contribution >= 4 is 39.7 Å². The van der Waals surface area contributed by atoms with E-state index in [0.717, 1.165) is 40.7 Å². The van der Waals surface area contributed by atoms with Gasteiger partial charge in [-0.3, -0.25) is 0 Å². The molecular formula is C58H46IN. The van der Waals surface area contributed by atoms with E-state index >= 15 is 0 Å². The predicted molar refractivity (Wildman–Crippen MR) is 259 cm³/mol. The summed E-state index contributed by atoms with van der Waals surface area (Å²) in [4.78, 5) is 2.38. The van der Waals surface area contributed by atoms with Crippen LogP contribution in [0.15, 0.2) is 200 Å². The van der Waals surface area contributed by atoms with Crippen LogP contribution in [-0.2, 0) is 5.41 Å². The maximum atomic E-state index is 2.88. The van der Waals surface area contributed by atoms with E-state index in [-0.39, 0.29) is 5.41 Å². The Kier molecular flexibility index (Phi) is 8.73. The van der Waals surface area contributed by atoms with Gasteiger partial charge in [0, 0.05) is 26.4 Å². The van der Waals surface area contributed by atoms with Crippen LogP contribution in [-0.4, -0.2) is 3.92 Å². The minimum Gasteiger partial charge on any atom is -0.310 e. The molecule has 0 heterocycles. The lowest BCUT2D eigenvalue weighted by atomic mass is 9.51. The van der Waals surface area contributed by atoms with Crippen LogP contribution >= 0.6 is 22.6 Å². The number of nitrogens with zero attached hydrogens (tertiary/aromatic N) is 1. The number of hydrogen-bond acceptors (Lipinski definition) is 1. The Bertz CT molecular complexity index is 2780. The highest BCUT2D eigenvalue weighted by molar-refractivity contribution is 14.1. The fraction of sp³-hybridized carbons (Fsp3) is 0.172. The second-order valence-corrected chi connectivity index (χ2v) is 19.3. The standard InChI is InChI=1S/C58H46IN/c59-57-33-38-31-47-37-56(52(47)32-38)58(57)54-20-8-7-19-51(54)53-36-46(25-30-55(53)58)44-16-9-15-43(34-44)45-17-10-18-50(35-45)60(48-26-21-41(22-27-48)39-11-3-1-4-12-39)49-28-23-42(24-29-49)40-13-5-2-6-14-40/h1-30,34-36,38,47,52,56-57H,31-33,37H2. The fourth-order valence-corrected chi connectivity index (χ4v) is 13.9. The molecule has 6 unspecified atom stereocenters. The summed E-state index contributed by atoms with van der Waals surface area (Å²) in [7, 11) is 0. The van der Waals surface area contributed by atoms with Crippen molar-refractivity contribution in [2.75, 3.05) is 4.90 Å². The van der Waals surface area contributed by atoms with E-state index in [1.54, 1.807) is 11.1 Å². The van der Waals surface area contributed by atoms with Gasteiger partial charge in [0.1, 0.15) is 0 Å². The Hall–Kier alpha value is -5.71. The summed E-state index contributed by atoms with van der Waals surface area (Å²) in [5.74, 6) is 3.54.